The van der Waals surface area contributed by atoms with Gasteiger partial charge in [-0.05, 0) is 46.4 Å². The molecule has 5 heteroatoms. The molecule has 102 valence electrons. The summed E-state index contributed by atoms with van der Waals surface area (Å²) in [6.07, 6.45) is 0. The maximum atomic E-state index is 12.1. The number of hydrogen-bond donors (Lipinski definition) is 2. The lowest BCUT2D eigenvalue weighted by Gasteiger charge is -2.08. The fourth-order valence-corrected chi connectivity index (χ4v) is 2.52. The molecule has 3 nitrogen and oxygen atoms in total. The predicted octanol–water partition coefficient (Wildman–Crippen LogP) is 2.86. The minimum atomic E-state index is -0.0873. The molecule has 2 rings (SSSR count). The van der Waals surface area contributed by atoms with Crippen LogP contribution in [0.4, 0.5) is 0 Å². The van der Waals surface area contributed by atoms with Gasteiger partial charge in [0, 0.05) is 15.7 Å². The van der Waals surface area contributed by atoms with Gasteiger partial charge in [-0.2, -0.15) is 0 Å². The standard InChI is InChI=1S/C15H13IN2OS/c16-13-7-2-1-6-12(13)15(19)18-9-10-4-3-5-11(8-10)14(17)20/h1-8H,9H2,(H2,17,20)(H,18,19). The molecule has 0 fully saturated rings. The van der Waals surface area contributed by atoms with E-state index in [1.54, 1.807) is 0 Å². The summed E-state index contributed by atoms with van der Waals surface area (Å²) in [5.41, 5.74) is 8.05. The lowest BCUT2D eigenvalue weighted by atomic mass is 10.1. The lowest BCUT2D eigenvalue weighted by molar-refractivity contribution is 0.0950. The van der Waals surface area contributed by atoms with Crippen molar-refractivity contribution in [1.82, 2.24) is 5.32 Å². The molecule has 0 aliphatic carbocycles. The minimum Gasteiger partial charge on any atom is -0.389 e. The Morgan fingerprint density at radius 1 is 1.20 bits per heavy atom. The van der Waals surface area contributed by atoms with Crippen molar-refractivity contribution in [2.75, 3.05) is 0 Å². The average molecular weight is 396 g/mol. The average Bonchev–Trinajstić information content (AvgIpc) is 2.45. The van der Waals surface area contributed by atoms with Crippen LogP contribution in [0.5, 0.6) is 0 Å². The maximum absolute atomic E-state index is 12.1. The molecular formula is C15H13IN2OS. The summed E-state index contributed by atoms with van der Waals surface area (Å²) in [6, 6.07) is 15.0. The number of benzene rings is 2. The van der Waals surface area contributed by atoms with Crippen LogP contribution in [0.1, 0.15) is 21.5 Å². The third kappa shape index (κ3) is 3.77. The highest BCUT2D eigenvalue weighted by Crippen LogP contribution is 2.11. The van der Waals surface area contributed by atoms with Crippen molar-refractivity contribution in [2.24, 2.45) is 5.73 Å². The van der Waals surface area contributed by atoms with E-state index in [0.717, 1.165) is 14.7 Å². The van der Waals surface area contributed by atoms with Crippen LogP contribution in [0.3, 0.4) is 0 Å². The minimum absolute atomic E-state index is 0.0873. The molecule has 0 aliphatic heterocycles. The summed E-state index contributed by atoms with van der Waals surface area (Å²) in [4.78, 5) is 12.4. The fraction of sp³-hybridized carbons (Fsp3) is 0.0667. The number of nitrogens with two attached hydrogens (primary N) is 1. The van der Waals surface area contributed by atoms with Gasteiger partial charge in [0.1, 0.15) is 4.99 Å². The summed E-state index contributed by atoms with van der Waals surface area (Å²) >= 11 is 7.09. The van der Waals surface area contributed by atoms with Gasteiger partial charge in [-0.1, -0.05) is 42.5 Å². The number of amides is 1. The van der Waals surface area contributed by atoms with Crippen molar-refractivity contribution < 1.29 is 4.79 Å². The molecule has 0 unspecified atom stereocenters. The van der Waals surface area contributed by atoms with E-state index >= 15 is 0 Å². The fourth-order valence-electron chi connectivity index (χ4n) is 1.76. The van der Waals surface area contributed by atoms with Crippen LogP contribution in [0.25, 0.3) is 0 Å². The number of hydrogen-bond acceptors (Lipinski definition) is 2. The van der Waals surface area contributed by atoms with Gasteiger partial charge in [0.15, 0.2) is 0 Å². The van der Waals surface area contributed by atoms with E-state index in [1.807, 2.05) is 48.5 Å². The van der Waals surface area contributed by atoms with E-state index in [4.69, 9.17) is 18.0 Å². The molecule has 0 aromatic heterocycles. The number of thiocarbonyl (C=S) groups is 1. The summed E-state index contributed by atoms with van der Waals surface area (Å²) in [5, 5.41) is 2.89. The highest BCUT2D eigenvalue weighted by Gasteiger charge is 2.08. The molecule has 1 amide bonds. The van der Waals surface area contributed by atoms with E-state index in [9.17, 15) is 4.79 Å². The van der Waals surface area contributed by atoms with Crippen LogP contribution in [0.15, 0.2) is 48.5 Å². The summed E-state index contributed by atoms with van der Waals surface area (Å²) in [6.45, 7) is 0.445. The molecule has 0 heterocycles. The van der Waals surface area contributed by atoms with Crippen LogP contribution >= 0.6 is 34.8 Å². The van der Waals surface area contributed by atoms with E-state index in [2.05, 4.69) is 27.9 Å². The first kappa shape index (κ1) is 14.9. The third-order valence-corrected chi connectivity index (χ3v) is 3.96. The second-order valence-electron chi connectivity index (χ2n) is 4.23. The summed E-state index contributed by atoms with van der Waals surface area (Å²) in [7, 11) is 0. The normalized spacial score (nSPS) is 10.1. The van der Waals surface area contributed by atoms with Gasteiger partial charge < -0.3 is 11.1 Å². The van der Waals surface area contributed by atoms with Gasteiger partial charge in [0.2, 0.25) is 0 Å². The van der Waals surface area contributed by atoms with Crippen molar-refractivity contribution in [1.29, 1.82) is 0 Å². The highest BCUT2D eigenvalue weighted by molar-refractivity contribution is 14.1. The molecule has 0 spiro atoms. The first-order chi connectivity index (χ1) is 9.58. The molecule has 2 aromatic carbocycles. The maximum Gasteiger partial charge on any atom is 0.252 e. The lowest BCUT2D eigenvalue weighted by Crippen LogP contribution is -2.23. The SMILES string of the molecule is NC(=S)c1cccc(CNC(=O)c2ccccc2I)c1. The molecule has 0 saturated carbocycles. The molecule has 0 aliphatic rings. The van der Waals surface area contributed by atoms with Gasteiger partial charge in [-0.3, -0.25) is 4.79 Å². The smallest absolute Gasteiger partial charge is 0.252 e. The highest BCUT2D eigenvalue weighted by atomic mass is 127. The largest absolute Gasteiger partial charge is 0.389 e. The van der Waals surface area contributed by atoms with Crippen LogP contribution in [0.2, 0.25) is 0 Å². The third-order valence-electron chi connectivity index (χ3n) is 2.78. The van der Waals surface area contributed by atoms with Crippen LogP contribution < -0.4 is 11.1 Å². The predicted molar refractivity (Wildman–Crippen MR) is 92.7 cm³/mol. The summed E-state index contributed by atoms with van der Waals surface area (Å²) in [5.74, 6) is -0.0873. The Balaban J connectivity index is 2.06. The van der Waals surface area contributed by atoms with E-state index < -0.39 is 0 Å². The zero-order valence-electron chi connectivity index (χ0n) is 10.6. The van der Waals surface area contributed by atoms with E-state index in [-0.39, 0.29) is 5.91 Å². The van der Waals surface area contributed by atoms with Gasteiger partial charge in [-0.25, -0.2) is 0 Å². The zero-order chi connectivity index (χ0) is 14.5. The Bertz CT molecular complexity index is 658. The van der Waals surface area contributed by atoms with Crippen molar-refractivity contribution in [2.45, 2.75) is 6.54 Å². The Kier molecular flexibility index (Phi) is 5.08. The number of carbonyl (C=O) groups excluding carboxylic acids is 1. The number of halogens is 1. The second-order valence-corrected chi connectivity index (χ2v) is 5.83. The first-order valence-corrected chi connectivity index (χ1v) is 7.48. The number of nitrogens with one attached hydrogen (secondary N) is 1. The number of rotatable bonds is 4. The summed E-state index contributed by atoms with van der Waals surface area (Å²) < 4.78 is 0.930. The van der Waals surface area contributed by atoms with Crippen LogP contribution in [-0.2, 0) is 6.54 Å². The van der Waals surface area contributed by atoms with Gasteiger partial charge >= 0.3 is 0 Å². The second kappa shape index (κ2) is 6.81. The molecule has 0 saturated heterocycles. The Labute approximate surface area is 136 Å². The molecule has 0 atom stereocenters. The van der Waals surface area contributed by atoms with Gasteiger partial charge in [0.25, 0.3) is 5.91 Å². The molecule has 2 aromatic rings. The number of carbonyl (C=O) groups is 1. The molecule has 3 N–H and O–H groups in total. The van der Waals surface area contributed by atoms with Crippen LogP contribution in [-0.4, -0.2) is 10.9 Å². The Hall–Kier alpha value is -1.47. The van der Waals surface area contributed by atoms with Gasteiger partial charge in [-0.15, -0.1) is 0 Å². The van der Waals surface area contributed by atoms with Gasteiger partial charge in [0.05, 0.1) is 5.56 Å². The first-order valence-electron chi connectivity index (χ1n) is 5.99. The topological polar surface area (TPSA) is 55.1 Å². The molecule has 0 radical (unpaired) electrons. The Morgan fingerprint density at radius 3 is 2.65 bits per heavy atom. The zero-order valence-corrected chi connectivity index (χ0v) is 13.6. The monoisotopic (exact) mass is 396 g/mol. The molecular weight excluding hydrogens is 383 g/mol. The van der Waals surface area contributed by atoms with Crippen molar-refractivity contribution in [3.63, 3.8) is 0 Å². The van der Waals surface area contributed by atoms with Crippen molar-refractivity contribution in [3.05, 3.63) is 68.8 Å². The molecule has 0 bridgehead atoms. The van der Waals surface area contributed by atoms with E-state index in [0.29, 0.717) is 17.1 Å². The van der Waals surface area contributed by atoms with Crippen molar-refractivity contribution in [3.8, 4) is 0 Å². The Morgan fingerprint density at radius 2 is 1.95 bits per heavy atom. The van der Waals surface area contributed by atoms with Crippen LogP contribution in [0, 0.1) is 3.57 Å². The molecule has 20 heavy (non-hydrogen) atoms. The quantitative estimate of drug-likeness (QED) is 0.618. The van der Waals surface area contributed by atoms with E-state index in [1.165, 1.54) is 0 Å². The van der Waals surface area contributed by atoms with Crippen molar-refractivity contribution >= 4 is 45.7 Å².